The Morgan fingerprint density at radius 2 is 2.20 bits per heavy atom. The minimum atomic E-state index is 0.659. The third-order valence-corrected chi connectivity index (χ3v) is 3.43. The van der Waals surface area contributed by atoms with Crippen LogP contribution in [0, 0.1) is 0 Å². The predicted octanol–water partition coefficient (Wildman–Crippen LogP) is 2.23. The Bertz CT molecular complexity index is 588. The highest BCUT2D eigenvalue weighted by Crippen LogP contribution is 2.33. The van der Waals surface area contributed by atoms with Crippen LogP contribution >= 0.6 is 0 Å². The molecule has 1 aliphatic rings. The maximum absolute atomic E-state index is 5.02. The summed E-state index contributed by atoms with van der Waals surface area (Å²) in [4.78, 5) is 10.9. The van der Waals surface area contributed by atoms with Gasteiger partial charge in [0.15, 0.2) is 0 Å². The van der Waals surface area contributed by atoms with E-state index in [1.807, 2.05) is 6.07 Å². The maximum Gasteiger partial charge on any atom is 0.138 e. The molecule has 0 atom stereocenters. The summed E-state index contributed by atoms with van der Waals surface area (Å²) in [7, 11) is 1.69. The van der Waals surface area contributed by atoms with E-state index in [4.69, 9.17) is 4.74 Å². The van der Waals surface area contributed by atoms with E-state index in [-0.39, 0.29) is 0 Å². The van der Waals surface area contributed by atoms with E-state index in [9.17, 15) is 0 Å². The van der Waals surface area contributed by atoms with Crippen molar-refractivity contribution in [3.8, 4) is 0 Å². The van der Waals surface area contributed by atoms with E-state index in [2.05, 4.69) is 44.5 Å². The Hall–Kier alpha value is -2.14. The van der Waals surface area contributed by atoms with E-state index < -0.39 is 0 Å². The fourth-order valence-corrected chi connectivity index (χ4v) is 2.45. The molecule has 2 heterocycles. The predicted molar refractivity (Wildman–Crippen MR) is 79.5 cm³/mol. The lowest BCUT2D eigenvalue weighted by atomic mass is 10.2. The van der Waals surface area contributed by atoms with Crippen molar-refractivity contribution < 1.29 is 4.74 Å². The second kappa shape index (κ2) is 5.88. The molecule has 5 nitrogen and oxygen atoms in total. The molecular formula is C15H18N4O. The van der Waals surface area contributed by atoms with Crippen LogP contribution in [0.3, 0.4) is 0 Å². The van der Waals surface area contributed by atoms with Gasteiger partial charge in [-0.2, -0.15) is 0 Å². The number of methoxy groups -OCH3 is 1. The lowest BCUT2D eigenvalue weighted by Gasteiger charge is -2.18. The highest BCUT2D eigenvalue weighted by molar-refractivity contribution is 5.68. The molecule has 104 valence electrons. The molecule has 1 aromatic heterocycles. The van der Waals surface area contributed by atoms with Gasteiger partial charge in [-0.15, -0.1) is 0 Å². The van der Waals surface area contributed by atoms with Gasteiger partial charge in [-0.1, -0.05) is 18.2 Å². The Balaban J connectivity index is 1.79. The number of anilines is 3. The summed E-state index contributed by atoms with van der Waals surface area (Å²) >= 11 is 0. The lowest BCUT2D eigenvalue weighted by Crippen LogP contribution is -2.16. The Morgan fingerprint density at radius 1 is 1.30 bits per heavy atom. The van der Waals surface area contributed by atoms with E-state index in [1.165, 1.54) is 11.3 Å². The van der Waals surface area contributed by atoms with Crippen LogP contribution in [0.5, 0.6) is 0 Å². The molecule has 0 aliphatic carbocycles. The Kier molecular flexibility index (Phi) is 3.78. The summed E-state index contributed by atoms with van der Waals surface area (Å²) in [6.07, 6.45) is 2.66. The van der Waals surface area contributed by atoms with E-state index in [0.29, 0.717) is 6.61 Å². The van der Waals surface area contributed by atoms with Crippen molar-refractivity contribution in [3.05, 3.63) is 42.2 Å². The van der Waals surface area contributed by atoms with E-state index in [0.717, 1.165) is 31.1 Å². The SMILES string of the molecule is COCCNc1cc(N2CCc3ccccc32)ncn1. The number of hydrogen-bond donors (Lipinski definition) is 1. The molecule has 1 aromatic carbocycles. The van der Waals surface area contributed by atoms with Gasteiger partial charge in [0.2, 0.25) is 0 Å². The van der Waals surface area contributed by atoms with Crippen molar-refractivity contribution in [1.29, 1.82) is 0 Å². The topological polar surface area (TPSA) is 50.3 Å². The molecule has 0 unspecified atom stereocenters. The van der Waals surface area contributed by atoms with Gasteiger partial charge in [0.05, 0.1) is 6.61 Å². The zero-order valence-corrected chi connectivity index (χ0v) is 11.5. The average Bonchev–Trinajstić information content (AvgIpc) is 2.92. The van der Waals surface area contributed by atoms with Crippen molar-refractivity contribution >= 4 is 17.3 Å². The normalized spacial score (nSPS) is 13.3. The number of rotatable bonds is 5. The van der Waals surface area contributed by atoms with Crippen molar-refractivity contribution in [2.45, 2.75) is 6.42 Å². The minimum absolute atomic E-state index is 0.659. The number of fused-ring (bicyclic) bond motifs is 1. The fraction of sp³-hybridized carbons (Fsp3) is 0.333. The Morgan fingerprint density at radius 3 is 3.10 bits per heavy atom. The number of nitrogens with one attached hydrogen (secondary N) is 1. The summed E-state index contributed by atoms with van der Waals surface area (Å²) in [5, 5.41) is 3.23. The lowest BCUT2D eigenvalue weighted by molar-refractivity contribution is 0.210. The molecule has 2 aromatic rings. The van der Waals surface area contributed by atoms with Gasteiger partial charge in [-0.3, -0.25) is 0 Å². The quantitative estimate of drug-likeness (QED) is 0.844. The molecule has 1 N–H and O–H groups in total. The first-order valence-corrected chi connectivity index (χ1v) is 6.79. The third kappa shape index (κ3) is 2.58. The molecule has 20 heavy (non-hydrogen) atoms. The molecule has 0 saturated heterocycles. The molecule has 0 spiro atoms. The summed E-state index contributed by atoms with van der Waals surface area (Å²) in [5.74, 6) is 1.77. The molecular weight excluding hydrogens is 252 g/mol. The molecule has 0 radical (unpaired) electrons. The van der Waals surface area contributed by atoms with Crippen LogP contribution < -0.4 is 10.2 Å². The van der Waals surface area contributed by atoms with Gasteiger partial charge in [-0.25, -0.2) is 9.97 Å². The molecule has 5 heteroatoms. The largest absolute Gasteiger partial charge is 0.383 e. The van der Waals surface area contributed by atoms with Gasteiger partial charge in [0.25, 0.3) is 0 Å². The first kappa shape index (κ1) is 12.9. The number of aromatic nitrogens is 2. The molecule has 0 bridgehead atoms. The van der Waals surface area contributed by atoms with Crippen LogP contribution in [0.25, 0.3) is 0 Å². The average molecular weight is 270 g/mol. The van der Waals surface area contributed by atoms with Crippen LogP contribution in [0.2, 0.25) is 0 Å². The summed E-state index contributed by atoms with van der Waals surface area (Å²) < 4.78 is 5.02. The van der Waals surface area contributed by atoms with Gasteiger partial charge < -0.3 is 15.0 Å². The van der Waals surface area contributed by atoms with Crippen molar-refractivity contribution in [1.82, 2.24) is 9.97 Å². The van der Waals surface area contributed by atoms with E-state index >= 15 is 0 Å². The third-order valence-electron chi connectivity index (χ3n) is 3.43. The zero-order chi connectivity index (χ0) is 13.8. The van der Waals surface area contributed by atoms with Gasteiger partial charge in [0, 0.05) is 32.0 Å². The first-order chi connectivity index (χ1) is 9.88. The number of para-hydroxylation sites is 1. The first-order valence-electron chi connectivity index (χ1n) is 6.79. The number of hydrogen-bond acceptors (Lipinski definition) is 5. The van der Waals surface area contributed by atoms with Crippen LogP contribution in [0.4, 0.5) is 17.3 Å². The highest BCUT2D eigenvalue weighted by atomic mass is 16.5. The van der Waals surface area contributed by atoms with Gasteiger partial charge in [-0.05, 0) is 18.1 Å². The Labute approximate surface area is 118 Å². The minimum Gasteiger partial charge on any atom is -0.383 e. The van der Waals surface area contributed by atoms with Gasteiger partial charge >= 0.3 is 0 Å². The number of benzene rings is 1. The smallest absolute Gasteiger partial charge is 0.138 e. The molecule has 3 rings (SSSR count). The maximum atomic E-state index is 5.02. The van der Waals surface area contributed by atoms with Crippen LogP contribution in [0.15, 0.2) is 36.7 Å². The monoisotopic (exact) mass is 270 g/mol. The molecule has 1 aliphatic heterocycles. The van der Waals surface area contributed by atoms with Crippen molar-refractivity contribution in [2.24, 2.45) is 0 Å². The van der Waals surface area contributed by atoms with Crippen molar-refractivity contribution in [2.75, 3.05) is 37.0 Å². The summed E-state index contributed by atoms with van der Waals surface area (Å²) in [6, 6.07) is 10.4. The van der Waals surface area contributed by atoms with Crippen LogP contribution in [0.1, 0.15) is 5.56 Å². The zero-order valence-electron chi connectivity index (χ0n) is 11.5. The summed E-state index contributed by atoms with van der Waals surface area (Å²) in [6.45, 7) is 2.36. The fourth-order valence-electron chi connectivity index (χ4n) is 2.45. The van der Waals surface area contributed by atoms with Gasteiger partial charge in [0.1, 0.15) is 18.0 Å². The number of ether oxygens (including phenoxy) is 1. The second-order valence-electron chi connectivity index (χ2n) is 4.71. The van der Waals surface area contributed by atoms with E-state index in [1.54, 1.807) is 13.4 Å². The number of nitrogens with zero attached hydrogens (tertiary/aromatic N) is 3. The second-order valence-corrected chi connectivity index (χ2v) is 4.71. The van der Waals surface area contributed by atoms with Crippen molar-refractivity contribution in [3.63, 3.8) is 0 Å². The molecule has 0 fully saturated rings. The van der Waals surface area contributed by atoms with Crippen LogP contribution in [-0.2, 0) is 11.2 Å². The molecule has 0 saturated carbocycles. The highest BCUT2D eigenvalue weighted by Gasteiger charge is 2.20. The summed E-state index contributed by atoms with van der Waals surface area (Å²) in [5.41, 5.74) is 2.62. The standard InChI is InChI=1S/C15H18N4O/c1-20-9-7-16-14-10-15(18-11-17-14)19-8-6-12-4-2-3-5-13(12)19/h2-5,10-11H,6-9H2,1H3,(H,16,17,18). The molecule has 0 amide bonds. The van der Waals surface area contributed by atoms with Crippen LogP contribution in [-0.4, -0.2) is 36.8 Å².